The van der Waals surface area contributed by atoms with E-state index in [1.54, 1.807) is 0 Å². The number of rotatable bonds is 6. The first kappa shape index (κ1) is 19.5. The number of anilines is 1. The molecule has 0 aliphatic heterocycles. The highest BCUT2D eigenvalue weighted by atomic mass is 16.5. The molecular formula is C24H25NO3. The van der Waals surface area contributed by atoms with Gasteiger partial charge in [-0.3, -0.25) is 4.79 Å². The van der Waals surface area contributed by atoms with E-state index in [0.717, 1.165) is 22.6 Å². The van der Waals surface area contributed by atoms with Crippen molar-refractivity contribution in [3.8, 4) is 17.2 Å². The Balaban J connectivity index is 1.55. The van der Waals surface area contributed by atoms with Crippen molar-refractivity contribution in [1.29, 1.82) is 0 Å². The summed E-state index contributed by atoms with van der Waals surface area (Å²) >= 11 is 0. The van der Waals surface area contributed by atoms with Gasteiger partial charge in [-0.15, -0.1) is 0 Å². The second-order valence-electron chi connectivity index (χ2n) is 7.00. The lowest BCUT2D eigenvalue weighted by Gasteiger charge is -2.13. The molecule has 1 amide bonds. The van der Waals surface area contributed by atoms with E-state index in [2.05, 4.69) is 5.32 Å². The molecule has 0 aliphatic rings. The van der Waals surface area contributed by atoms with Gasteiger partial charge in [0, 0.05) is 5.69 Å². The van der Waals surface area contributed by atoms with Crippen LogP contribution in [0.25, 0.3) is 0 Å². The van der Waals surface area contributed by atoms with E-state index in [4.69, 9.17) is 9.47 Å². The standard InChI is InChI=1S/C24H25NO3/c1-16-5-9-21(10-6-16)28-22-11-7-20(8-12-22)25-23(26)15-27-24-18(3)13-17(2)14-19(24)4/h5-14H,15H2,1-4H3,(H,25,26). The van der Waals surface area contributed by atoms with Crippen LogP contribution in [0.4, 0.5) is 5.69 Å². The van der Waals surface area contributed by atoms with E-state index >= 15 is 0 Å². The average Bonchev–Trinajstić information content (AvgIpc) is 2.64. The van der Waals surface area contributed by atoms with Gasteiger partial charge >= 0.3 is 0 Å². The fourth-order valence-corrected chi connectivity index (χ4v) is 3.08. The molecule has 4 nitrogen and oxygen atoms in total. The summed E-state index contributed by atoms with van der Waals surface area (Å²) in [6, 6.07) is 19.2. The molecule has 0 saturated heterocycles. The monoisotopic (exact) mass is 375 g/mol. The third kappa shape index (κ3) is 5.13. The quantitative estimate of drug-likeness (QED) is 0.598. The van der Waals surface area contributed by atoms with Gasteiger partial charge in [0.2, 0.25) is 0 Å². The van der Waals surface area contributed by atoms with Crippen LogP contribution in [-0.4, -0.2) is 12.5 Å². The van der Waals surface area contributed by atoms with Gasteiger partial charge in [-0.2, -0.15) is 0 Å². The van der Waals surface area contributed by atoms with Gasteiger partial charge in [0.25, 0.3) is 5.91 Å². The summed E-state index contributed by atoms with van der Waals surface area (Å²) in [6.07, 6.45) is 0. The van der Waals surface area contributed by atoms with Gasteiger partial charge in [0.15, 0.2) is 6.61 Å². The fourth-order valence-electron chi connectivity index (χ4n) is 3.08. The Bertz CT molecular complexity index is 937. The third-order valence-corrected chi connectivity index (χ3v) is 4.35. The number of hydrogen-bond donors (Lipinski definition) is 1. The molecule has 0 radical (unpaired) electrons. The second-order valence-corrected chi connectivity index (χ2v) is 7.00. The highest BCUT2D eigenvalue weighted by molar-refractivity contribution is 5.91. The molecule has 0 saturated carbocycles. The SMILES string of the molecule is Cc1ccc(Oc2ccc(NC(=O)COc3c(C)cc(C)cc3C)cc2)cc1. The van der Waals surface area contributed by atoms with E-state index < -0.39 is 0 Å². The zero-order chi connectivity index (χ0) is 20.1. The first-order chi connectivity index (χ1) is 13.4. The second kappa shape index (κ2) is 8.61. The lowest BCUT2D eigenvalue weighted by Crippen LogP contribution is -2.20. The largest absolute Gasteiger partial charge is 0.483 e. The summed E-state index contributed by atoms with van der Waals surface area (Å²) in [5, 5.41) is 2.84. The van der Waals surface area contributed by atoms with E-state index in [1.807, 2.05) is 88.4 Å². The van der Waals surface area contributed by atoms with Gasteiger partial charge in [-0.05, 0) is 75.2 Å². The Labute approximate surface area is 166 Å². The summed E-state index contributed by atoms with van der Waals surface area (Å²) in [7, 11) is 0. The number of aryl methyl sites for hydroxylation is 4. The number of benzene rings is 3. The molecule has 0 spiro atoms. The Hall–Kier alpha value is -3.27. The minimum absolute atomic E-state index is 0.0354. The highest BCUT2D eigenvalue weighted by Crippen LogP contribution is 2.25. The molecule has 0 aliphatic carbocycles. The van der Waals surface area contributed by atoms with Crippen LogP contribution in [0.5, 0.6) is 17.2 Å². The highest BCUT2D eigenvalue weighted by Gasteiger charge is 2.09. The predicted octanol–water partition coefficient (Wildman–Crippen LogP) is 5.73. The summed E-state index contributed by atoms with van der Waals surface area (Å²) in [4.78, 5) is 12.2. The van der Waals surface area contributed by atoms with Crippen LogP contribution in [0.1, 0.15) is 22.3 Å². The number of carbonyl (C=O) groups excluding carboxylic acids is 1. The molecule has 3 rings (SSSR count). The van der Waals surface area contributed by atoms with Crippen LogP contribution >= 0.6 is 0 Å². The summed E-state index contributed by atoms with van der Waals surface area (Å²) in [5.74, 6) is 2.05. The van der Waals surface area contributed by atoms with Crippen LogP contribution in [0.3, 0.4) is 0 Å². The van der Waals surface area contributed by atoms with Crippen molar-refractivity contribution in [2.75, 3.05) is 11.9 Å². The predicted molar refractivity (Wildman–Crippen MR) is 112 cm³/mol. The van der Waals surface area contributed by atoms with Gasteiger partial charge in [-0.1, -0.05) is 35.4 Å². The van der Waals surface area contributed by atoms with Crippen molar-refractivity contribution in [3.05, 3.63) is 82.9 Å². The van der Waals surface area contributed by atoms with Crippen LogP contribution in [0.2, 0.25) is 0 Å². The minimum Gasteiger partial charge on any atom is -0.483 e. The zero-order valence-corrected chi connectivity index (χ0v) is 16.7. The van der Waals surface area contributed by atoms with E-state index in [9.17, 15) is 4.79 Å². The molecule has 0 bridgehead atoms. The Morgan fingerprint density at radius 1 is 0.786 bits per heavy atom. The number of nitrogens with one attached hydrogen (secondary N) is 1. The van der Waals surface area contributed by atoms with E-state index in [0.29, 0.717) is 11.4 Å². The van der Waals surface area contributed by atoms with Crippen molar-refractivity contribution in [2.24, 2.45) is 0 Å². The van der Waals surface area contributed by atoms with Crippen LogP contribution in [0, 0.1) is 27.7 Å². The average molecular weight is 375 g/mol. The molecule has 0 atom stereocenters. The van der Waals surface area contributed by atoms with Gasteiger partial charge in [0.1, 0.15) is 17.2 Å². The molecular weight excluding hydrogens is 350 g/mol. The Morgan fingerprint density at radius 3 is 1.89 bits per heavy atom. The molecule has 144 valence electrons. The third-order valence-electron chi connectivity index (χ3n) is 4.35. The summed E-state index contributed by atoms with van der Waals surface area (Å²) in [5.41, 5.74) is 5.12. The molecule has 3 aromatic carbocycles. The molecule has 0 aromatic heterocycles. The number of amides is 1. The molecule has 0 heterocycles. The van der Waals surface area contributed by atoms with Crippen molar-refractivity contribution in [2.45, 2.75) is 27.7 Å². The molecule has 3 aromatic rings. The normalized spacial score (nSPS) is 10.4. The number of hydrogen-bond acceptors (Lipinski definition) is 3. The lowest BCUT2D eigenvalue weighted by molar-refractivity contribution is -0.118. The maximum Gasteiger partial charge on any atom is 0.262 e. The van der Waals surface area contributed by atoms with Crippen LogP contribution < -0.4 is 14.8 Å². The Morgan fingerprint density at radius 2 is 1.32 bits per heavy atom. The van der Waals surface area contributed by atoms with Crippen LogP contribution in [-0.2, 0) is 4.79 Å². The van der Waals surface area contributed by atoms with Crippen molar-refractivity contribution in [3.63, 3.8) is 0 Å². The fraction of sp³-hybridized carbons (Fsp3) is 0.208. The van der Waals surface area contributed by atoms with E-state index in [-0.39, 0.29) is 12.5 Å². The van der Waals surface area contributed by atoms with Crippen LogP contribution in [0.15, 0.2) is 60.7 Å². The van der Waals surface area contributed by atoms with Gasteiger partial charge < -0.3 is 14.8 Å². The van der Waals surface area contributed by atoms with Crippen molar-refractivity contribution >= 4 is 11.6 Å². The molecule has 1 N–H and O–H groups in total. The molecule has 0 unspecified atom stereocenters. The van der Waals surface area contributed by atoms with Crippen molar-refractivity contribution in [1.82, 2.24) is 0 Å². The smallest absolute Gasteiger partial charge is 0.262 e. The number of ether oxygens (including phenoxy) is 2. The maximum absolute atomic E-state index is 12.2. The Kier molecular flexibility index (Phi) is 5.99. The first-order valence-corrected chi connectivity index (χ1v) is 9.26. The lowest BCUT2D eigenvalue weighted by atomic mass is 10.1. The topological polar surface area (TPSA) is 47.6 Å². The molecule has 0 fully saturated rings. The van der Waals surface area contributed by atoms with Gasteiger partial charge in [0.05, 0.1) is 0 Å². The zero-order valence-electron chi connectivity index (χ0n) is 16.7. The van der Waals surface area contributed by atoms with Gasteiger partial charge in [-0.25, -0.2) is 0 Å². The molecule has 4 heteroatoms. The molecule has 28 heavy (non-hydrogen) atoms. The number of carbonyl (C=O) groups is 1. The maximum atomic E-state index is 12.2. The van der Waals surface area contributed by atoms with Crippen molar-refractivity contribution < 1.29 is 14.3 Å². The summed E-state index contributed by atoms with van der Waals surface area (Å²) in [6.45, 7) is 8.02. The first-order valence-electron chi connectivity index (χ1n) is 9.26. The minimum atomic E-state index is -0.202. The summed E-state index contributed by atoms with van der Waals surface area (Å²) < 4.78 is 11.5. The van der Waals surface area contributed by atoms with E-state index in [1.165, 1.54) is 11.1 Å².